The second-order valence-electron chi connectivity index (χ2n) is 2.01. The van der Waals surface area contributed by atoms with E-state index in [0.29, 0.717) is 0 Å². The van der Waals surface area contributed by atoms with Crippen LogP contribution in [0.1, 0.15) is 0 Å². The van der Waals surface area contributed by atoms with Crippen molar-refractivity contribution in [2.75, 3.05) is 0 Å². The van der Waals surface area contributed by atoms with E-state index in [1.807, 2.05) is 0 Å². The van der Waals surface area contributed by atoms with Crippen molar-refractivity contribution in [1.29, 1.82) is 0 Å². The number of nitrogens with zero attached hydrogens (tertiary/aromatic N) is 1. The van der Waals surface area contributed by atoms with Crippen LogP contribution in [0.4, 0.5) is 4.48 Å². The molecule has 0 saturated heterocycles. The molecule has 0 spiro atoms. The molecule has 66 valence electrons. The summed E-state index contributed by atoms with van der Waals surface area (Å²) >= 11 is 0. The largest absolute Gasteiger partial charge is 0.292 e. The molecule has 0 amide bonds. The van der Waals surface area contributed by atoms with Crippen molar-refractivity contribution >= 4 is 10.0 Å². The Morgan fingerprint density at radius 1 is 1.25 bits per heavy atom. The van der Waals surface area contributed by atoms with Crippen LogP contribution in [-0.4, -0.2) is 18.3 Å². The van der Waals surface area contributed by atoms with Crippen molar-refractivity contribution in [2.24, 2.45) is 0 Å². The van der Waals surface area contributed by atoms with Gasteiger partial charge in [0.25, 0.3) is 10.0 Å². The lowest BCUT2D eigenvalue weighted by molar-refractivity contribution is -0.149. The van der Waals surface area contributed by atoms with Crippen LogP contribution in [0.25, 0.3) is 0 Å². The Morgan fingerprint density at radius 3 is 2.17 bits per heavy atom. The number of hydrogen-bond donors (Lipinski definition) is 1. The van der Waals surface area contributed by atoms with E-state index < -0.39 is 14.7 Å². The molecule has 1 aromatic carbocycles. The van der Waals surface area contributed by atoms with Gasteiger partial charge in [0, 0.05) is 0 Å². The Labute approximate surface area is 68.8 Å². The SMILES string of the molecule is O=S(=O)(c1ccccc1)N(O)F. The molecule has 0 atom stereocenters. The summed E-state index contributed by atoms with van der Waals surface area (Å²) in [7, 11) is -4.35. The topological polar surface area (TPSA) is 57.6 Å². The highest BCUT2D eigenvalue weighted by Crippen LogP contribution is 2.12. The molecule has 4 nitrogen and oxygen atoms in total. The smallest absolute Gasteiger partial charge is 0.272 e. The minimum atomic E-state index is -4.35. The molecule has 0 aliphatic rings. The predicted molar refractivity (Wildman–Crippen MR) is 38.4 cm³/mol. The van der Waals surface area contributed by atoms with Crippen LogP contribution >= 0.6 is 0 Å². The Kier molecular flexibility index (Phi) is 2.41. The molecule has 0 radical (unpaired) electrons. The van der Waals surface area contributed by atoms with Crippen molar-refractivity contribution in [1.82, 2.24) is 4.69 Å². The quantitative estimate of drug-likeness (QED) is 0.559. The molecule has 0 bridgehead atoms. The fourth-order valence-electron chi connectivity index (χ4n) is 0.679. The van der Waals surface area contributed by atoms with Crippen molar-refractivity contribution in [2.45, 2.75) is 4.90 Å². The highest BCUT2D eigenvalue weighted by molar-refractivity contribution is 7.88. The lowest BCUT2D eigenvalue weighted by atomic mass is 10.4. The van der Waals surface area contributed by atoms with Crippen LogP contribution in [0.5, 0.6) is 0 Å². The lowest BCUT2D eigenvalue weighted by Crippen LogP contribution is -2.18. The second-order valence-corrected chi connectivity index (χ2v) is 3.74. The number of benzene rings is 1. The van der Waals surface area contributed by atoms with E-state index in [1.54, 1.807) is 6.07 Å². The van der Waals surface area contributed by atoms with Crippen molar-refractivity contribution in [3.63, 3.8) is 0 Å². The van der Waals surface area contributed by atoms with Crippen LogP contribution in [0, 0.1) is 0 Å². The summed E-state index contributed by atoms with van der Waals surface area (Å²) in [4.78, 5) is -0.296. The molecule has 0 heterocycles. The van der Waals surface area contributed by atoms with Crippen LogP contribution < -0.4 is 0 Å². The van der Waals surface area contributed by atoms with Gasteiger partial charge in [-0.15, -0.1) is 0 Å². The first-order valence-corrected chi connectivity index (χ1v) is 4.44. The summed E-state index contributed by atoms with van der Waals surface area (Å²) in [5.74, 6) is 0. The van der Waals surface area contributed by atoms with Gasteiger partial charge in [-0.1, -0.05) is 22.7 Å². The molecular weight excluding hydrogens is 185 g/mol. The maximum Gasteiger partial charge on any atom is 0.292 e. The normalized spacial score (nSPS) is 11.9. The minimum absolute atomic E-state index is 0.296. The third-order valence-electron chi connectivity index (χ3n) is 1.24. The molecule has 0 fully saturated rings. The Balaban J connectivity index is 3.17. The van der Waals surface area contributed by atoms with Gasteiger partial charge in [0.2, 0.25) is 0 Å². The molecule has 0 aliphatic heterocycles. The van der Waals surface area contributed by atoms with E-state index in [-0.39, 0.29) is 4.90 Å². The third kappa shape index (κ3) is 1.60. The van der Waals surface area contributed by atoms with Crippen molar-refractivity contribution in [3.05, 3.63) is 30.3 Å². The standard InChI is InChI=1S/C6H6FNO3S/c7-8(9)12(10,11)6-4-2-1-3-5-6/h1-5,9H. The van der Waals surface area contributed by atoms with E-state index in [1.165, 1.54) is 24.3 Å². The summed E-state index contributed by atoms with van der Waals surface area (Å²) in [6, 6.07) is 6.79. The monoisotopic (exact) mass is 191 g/mol. The summed E-state index contributed by atoms with van der Waals surface area (Å²) in [6.07, 6.45) is 0. The molecule has 6 heteroatoms. The van der Waals surface area contributed by atoms with Gasteiger partial charge in [-0.25, -0.2) is 8.42 Å². The molecule has 1 N–H and O–H groups in total. The van der Waals surface area contributed by atoms with E-state index in [9.17, 15) is 12.9 Å². The molecular formula is C6H6FNO3S. The van der Waals surface area contributed by atoms with Gasteiger partial charge in [0.15, 0.2) is 0 Å². The first-order valence-electron chi connectivity index (χ1n) is 3.00. The van der Waals surface area contributed by atoms with Gasteiger partial charge in [0.05, 0.1) is 9.59 Å². The molecule has 0 saturated carbocycles. The Bertz CT molecular complexity index is 348. The second kappa shape index (κ2) is 3.18. The van der Waals surface area contributed by atoms with Gasteiger partial charge in [0.1, 0.15) is 0 Å². The average molecular weight is 191 g/mol. The van der Waals surface area contributed by atoms with Crippen LogP contribution in [-0.2, 0) is 10.0 Å². The highest BCUT2D eigenvalue weighted by atomic mass is 32.2. The highest BCUT2D eigenvalue weighted by Gasteiger charge is 2.21. The van der Waals surface area contributed by atoms with Crippen LogP contribution in [0.2, 0.25) is 0 Å². The van der Waals surface area contributed by atoms with Gasteiger partial charge in [-0.3, -0.25) is 5.21 Å². The first-order chi connectivity index (χ1) is 5.55. The van der Waals surface area contributed by atoms with E-state index in [2.05, 4.69) is 0 Å². The summed E-state index contributed by atoms with van der Waals surface area (Å²) in [5.41, 5.74) is 0. The van der Waals surface area contributed by atoms with Crippen LogP contribution in [0.15, 0.2) is 35.2 Å². The fourth-order valence-corrected chi connectivity index (χ4v) is 1.35. The molecule has 0 unspecified atom stereocenters. The fraction of sp³-hybridized carbons (Fsp3) is 0. The van der Waals surface area contributed by atoms with Crippen molar-refractivity contribution in [3.8, 4) is 0 Å². The molecule has 0 aliphatic carbocycles. The third-order valence-corrected chi connectivity index (χ3v) is 2.50. The molecule has 1 aromatic rings. The summed E-state index contributed by atoms with van der Waals surface area (Å²) < 4.78 is 32.3. The number of hydrogen-bond acceptors (Lipinski definition) is 3. The van der Waals surface area contributed by atoms with E-state index in [4.69, 9.17) is 5.21 Å². The Morgan fingerprint density at radius 2 is 1.75 bits per heavy atom. The average Bonchev–Trinajstić information content (AvgIpc) is 2.06. The van der Waals surface area contributed by atoms with Gasteiger partial charge in [-0.2, -0.15) is 0 Å². The lowest BCUT2D eigenvalue weighted by Gasteiger charge is -2.03. The maximum absolute atomic E-state index is 12.0. The molecule has 1 rings (SSSR count). The summed E-state index contributed by atoms with van der Waals surface area (Å²) in [6.45, 7) is 0. The van der Waals surface area contributed by atoms with Crippen LogP contribution in [0.3, 0.4) is 0 Å². The van der Waals surface area contributed by atoms with Gasteiger partial charge >= 0.3 is 0 Å². The van der Waals surface area contributed by atoms with Gasteiger partial charge < -0.3 is 0 Å². The summed E-state index contributed by atoms with van der Waals surface area (Å²) in [5, 5.41) is 8.11. The molecule has 0 aromatic heterocycles. The zero-order valence-corrected chi connectivity index (χ0v) is 6.70. The molecule has 12 heavy (non-hydrogen) atoms. The number of halogens is 1. The maximum atomic E-state index is 12.0. The van der Waals surface area contributed by atoms with Gasteiger partial charge in [-0.05, 0) is 12.1 Å². The van der Waals surface area contributed by atoms with E-state index in [0.717, 1.165) is 0 Å². The minimum Gasteiger partial charge on any atom is -0.272 e. The van der Waals surface area contributed by atoms with Crippen molar-refractivity contribution < 1.29 is 18.1 Å². The first kappa shape index (κ1) is 9.11. The zero-order chi connectivity index (χ0) is 9.19. The van der Waals surface area contributed by atoms with E-state index >= 15 is 0 Å². The zero-order valence-electron chi connectivity index (χ0n) is 5.88. The predicted octanol–water partition coefficient (Wildman–Crippen LogP) is 0.951. The number of sulfonamides is 1. The number of rotatable bonds is 2. The Hall–Kier alpha value is -0.980.